The molecule has 0 aliphatic heterocycles. The smallest absolute Gasteiger partial charge is 0.337 e. The van der Waals surface area contributed by atoms with E-state index in [1.807, 2.05) is 4.57 Å². The number of aryl methyl sites for hydroxylation is 1. The average Bonchev–Trinajstić information content (AvgIpc) is 2.83. The Hall–Kier alpha value is -2.37. The number of nitrogen functional groups attached to an aromatic ring is 1. The van der Waals surface area contributed by atoms with Gasteiger partial charge in [-0.25, -0.2) is 14.8 Å². The van der Waals surface area contributed by atoms with Gasteiger partial charge in [0.1, 0.15) is 12.1 Å². The van der Waals surface area contributed by atoms with Crippen molar-refractivity contribution in [1.29, 1.82) is 0 Å². The summed E-state index contributed by atoms with van der Waals surface area (Å²) in [7, 11) is 0. The van der Waals surface area contributed by atoms with Crippen molar-refractivity contribution in [2.24, 2.45) is 0 Å². The van der Waals surface area contributed by atoms with Crippen LogP contribution >= 0.6 is 0 Å². The van der Waals surface area contributed by atoms with E-state index in [1.165, 1.54) is 12.3 Å². The maximum atomic E-state index is 11.1. The minimum absolute atomic E-state index is 0.0725. The van der Waals surface area contributed by atoms with Gasteiger partial charge in [0.05, 0.1) is 23.1 Å². The molecule has 0 fully saturated rings. The second-order valence-corrected chi connectivity index (χ2v) is 4.65. The number of imidazole rings is 1. The number of anilines is 1. The molecular formula is C13H14N4O2. The number of nitrogens with zero attached hydrogens (tertiary/aromatic N) is 3. The molecule has 0 spiro atoms. The van der Waals surface area contributed by atoms with Crippen LogP contribution < -0.4 is 5.73 Å². The predicted molar refractivity (Wildman–Crippen MR) is 69.4 cm³/mol. The summed E-state index contributed by atoms with van der Waals surface area (Å²) in [5.74, 6) is -0.489. The molecule has 0 saturated heterocycles. The summed E-state index contributed by atoms with van der Waals surface area (Å²) in [5.41, 5.74) is 8.07. The van der Waals surface area contributed by atoms with Gasteiger partial charge in [-0.05, 0) is 31.7 Å². The third-order valence-corrected chi connectivity index (χ3v) is 3.43. The van der Waals surface area contributed by atoms with Crippen molar-refractivity contribution in [1.82, 2.24) is 14.5 Å². The fourth-order valence-corrected chi connectivity index (χ4v) is 2.44. The van der Waals surface area contributed by atoms with E-state index in [2.05, 4.69) is 9.97 Å². The van der Waals surface area contributed by atoms with Gasteiger partial charge in [-0.3, -0.25) is 4.57 Å². The van der Waals surface area contributed by atoms with E-state index in [4.69, 9.17) is 10.8 Å². The third-order valence-electron chi connectivity index (χ3n) is 3.43. The lowest BCUT2D eigenvalue weighted by molar-refractivity contribution is 0.0698. The van der Waals surface area contributed by atoms with Crippen molar-refractivity contribution in [3.63, 3.8) is 0 Å². The SMILES string of the molecule is Nc1cnc(-n2cnc3c2CCCC3)cc1C(=O)O. The molecule has 1 aliphatic carbocycles. The van der Waals surface area contributed by atoms with Gasteiger partial charge in [0.25, 0.3) is 0 Å². The summed E-state index contributed by atoms with van der Waals surface area (Å²) >= 11 is 0. The fraction of sp³-hybridized carbons (Fsp3) is 0.308. The van der Waals surface area contributed by atoms with Crippen LogP contribution in [0.15, 0.2) is 18.6 Å². The lowest BCUT2D eigenvalue weighted by Crippen LogP contribution is -2.10. The van der Waals surface area contributed by atoms with Gasteiger partial charge < -0.3 is 10.8 Å². The summed E-state index contributed by atoms with van der Waals surface area (Å²) in [4.78, 5) is 19.7. The summed E-state index contributed by atoms with van der Waals surface area (Å²) in [5, 5.41) is 9.09. The minimum Gasteiger partial charge on any atom is -0.478 e. The Morgan fingerprint density at radius 1 is 1.32 bits per heavy atom. The molecule has 2 aromatic rings. The maximum absolute atomic E-state index is 11.1. The van der Waals surface area contributed by atoms with Crippen LogP contribution in [0.2, 0.25) is 0 Å². The molecule has 3 N–H and O–H groups in total. The van der Waals surface area contributed by atoms with Crippen molar-refractivity contribution >= 4 is 11.7 Å². The Labute approximate surface area is 109 Å². The Morgan fingerprint density at radius 2 is 2.11 bits per heavy atom. The van der Waals surface area contributed by atoms with Gasteiger partial charge in [-0.1, -0.05) is 0 Å². The van der Waals surface area contributed by atoms with Gasteiger partial charge in [-0.15, -0.1) is 0 Å². The van der Waals surface area contributed by atoms with Crippen molar-refractivity contribution in [2.75, 3.05) is 5.73 Å². The average molecular weight is 258 g/mol. The van der Waals surface area contributed by atoms with E-state index in [-0.39, 0.29) is 11.3 Å². The molecule has 0 unspecified atom stereocenters. The number of nitrogens with two attached hydrogens (primary N) is 1. The molecule has 6 nitrogen and oxygen atoms in total. The Morgan fingerprint density at radius 3 is 2.89 bits per heavy atom. The van der Waals surface area contributed by atoms with Crippen LogP contribution in [-0.2, 0) is 12.8 Å². The zero-order valence-corrected chi connectivity index (χ0v) is 10.3. The lowest BCUT2D eigenvalue weighted by atomic mass is 10.0. The molecule has 2 heterocycles. The highest BCUT2D eigenvalue weighted by molar-refractivity contribution is 5.93. The van der Waals surface area contributed by atoms with Gasteiger partial charge in [0, 0.05) is 5.69 Å². The van der Waals surface area contributed by atoms with E-state index < -0.39 is 5.97 Å². The predicted octanol–water partition coefficient (Wildman–Crippen LogP) is 1.43. The Kier molecular flexibility index (Phi) is 2.70. The highest BCUT2D eigenvalue weighted by Gasteiger charge is 2.18. The van der Waals surface area contributed by atoms with Crippen LogP contribution in [0.1, 0.15) is 34.6 Å². The second-order valence-electron chi connectivity index (χ2n) is 4.65. The van der Waals surface area contributed by atoms with Gasteiger partial charge >= 0.3 is 5.97 Å². The monoisotopic (exact) mass is 258 g/mol. The van der Waals surface area contributed by atoms with E-state index in [9.17, 15) is 4.79 Å². The number of hydrogen-bond acceptors (Lipinski definition) is 4. The standard InChI is InChI=1S/C13H14N4O2/c14-9-6-15-12(5-8(9)13(18)19)17-7-16-10-3-1-2-4-11(10)17/h5-7H,1-4,14H2,(H,18,19). The van der Waals surface area contributed by atoms with Crippen molar-refractivity contribution in [2.45, 2.75) is 25.7 Å². The number of carbonyl (C=O) groups is 1. The van der Waals surface area contributed by atoms with Gasteiger partial charge in [0.15, 0.2) is 0 Å². The van der Waals surface area contributed by atoms with E-state index in [0.717, 1.165) is 37.1 Å². The molecule has 2 aromatic heterocycles. The van der Waals surface area contributed by atoms with E-state index >= 15 is 0 Å². The van der Waals surface area contributed by atoms with Crippen LogP contribution in [0.5, 0.6) is 0 Å². The van der Waals surface area contributed by atoms with Crippen LogP contribution in [0.3, 0.4) is 0 Å². The summed E-state index contributed by atoms with van der Waals surface area (Å²) in [6, 6.07) is 1.49. The number of carboxylic acids is 1. The molecule has 19 heavy (non-hydrogen) atoms. The lowest BCUT2D eigenvalue weighted by Gasteiger charge is -2.14. The first kappa shape index (κ1) is 11.7. The zero-order chi connectivity index (χ0) is 13.4. The number of aromatic carboxylic acids is 1. The van der Waals surface area contributed by atoms with Crippen molar-refractivity contribution in [3.05, 3.63) is 35.5 Å². The van der Waals surface area contributed by atoms with Gasteiger partial charge in [0.2, 0.25) is 0 Å². The largest absolute Gasteiger partial charge is 0.478 e. The van der Waals surface area contributed by atoms with Crippen molar-refractivity contribution < 1.29 is 9.90 Å². The number of aromatic nitrogens is 3. The highest BCUT2D eigenvalue weighted by atomic mass is 16.4. The molecule has 0 radical (unpaired) electrons. The topological polar surface area (TPSA) is 94.0 Å². The van der Waals surface area contributed by atoms with Crippen LogP contribution in [-0.4, -0.2) is 25.6 Å². The quantitative estimate of drug-likeness (QED) is 0.849. The fourth-order valence-electron chi connectivity index (χ4n) is 2.44. The first-order valence-electron chi connectivity index (χ1n) is 6.21. The Bertz CT molecular complexity index is 648. The number of carboxylic acid groups (broad SMARTS) is 1. The number of hydrogen-bond donors (Lipinski definition) is 2. The normalized spacial score (nSPS) is 14.1. The summed E-state index contributed by atoms with van der Waals surface area (Å²) < 4.78 is 1.86. The van der Waals surface area contributed by atoms with Crippen LogP contribution in [0, 0.1) is 0 Å². The third kappa shape index (κ3) is 1.95. The molecule has 3 rings (SSSR count). The first-order chi connectivity index (χ1) is 9.16. The molecule has 0 saturated carbocycles. The second kappa shape index (κ2) is 4.38. The zero-order valence-electron chi connectivity index (χ0n) is 10.3. The number of pyridine rings is 1. The molecule has 98 valence electrons. The van der Waals surface area contributed by atoms with Gasteiger partial charge in [-0.2, -0.15) is 0 Å². The maximum Gasteiger partial charge on any atom is 0.337 e. The molecule has 0 amide bonds. The molecule has 6 heteroatoms. The highest BCUT2D eigenvalue weighted by Crippen LogP contribution is 2.23. The van der Waals surface area contributed by atoms with Crippen LogP contribution in [0.25, 0.3) is 5.82 Å². The molecule has 1 aliphatic rings. The molecule has 0 bridgehead atoms. The molecular weight excluding hydrogens is 244 g/mol. The summed E-state index contributed by atoms with van der Waals surface area (Å²) in [6.07, 6.45) is 7.29. The first-order valence-corrected chi connectivity index (χ1v) is 6.21. The van der Waals surface area contributed by atoms with Crippen LogP contribution in [0.4, 0.5) is 5.69 Å². The van der Waals surface area contributed by atoms with E-state index in [0.29, 0.717) is 5.82 Å². The van der Waals surface area contributed by atoms with Crippen molar-refractivity contribution in [3.8, 4) is 5.82 Å². The minimum atomic E-state index is -1.05. The summed E-state index contributed by atoms with van der Waals surface area (Å²) in [6.45, 7) is 0. The molecule has 0 aromatic carbocycles. The number of rotatable bonds is 2. The Balaban J connectivity index is 2.10. The van der Waals surface area contributed by atoms with E-state index in [1.54, 1.807) is 6.33 Å². The molecule has 0 atom stereocenters. The number of fused-ring (bicyclic) bond motifs is 1.